The van der Waals surface area contributed by atoms with Gasteiger partial charge in [0.1, 0.15) is 11.9 Å². The van der Waals surface area contributed by atoms with Gasteiger partial charge in [-0.15, -0.1) is 0 Å². The summed E-state index contributed by atoms with van der Waals surface area (Å²) >= 11 is 0. The maximum Gasteiger partial charge on any atom is 0.339 e. The molecule has 5 nitrogen and oxygen atoms in total. The lowest BCUT2D eigenvalue weighted by molar-refractivity contribution is 0.0694. The zero-order valence-corrected chi connectivity index (χ0v) is 9.89. The molecule has 1 aromatic rings. The molecule has 0 amide bonds. The van der Waals surface area contributed by atoms with Crippen molar-refractivity contribution in [3.63, 3.8) is 0 Å². The average molecular weight is 235 g/mol. The van der Waals surface area contributed by atoms with Crippen LogP contribution >= 0.6 is 0 Å². The van der Waals surface area contributed by atoms with Gasteiger partial charge < -0.3 is 10.4 Å². The second-order valence-corrected chi connectivity index (χ2v) is 4.68. The topological polar surface area (TPSA) is 75.1 Å². The number of hydrogen-bond acceptors (Lipinski definition) is 4. The largest absolute Gasteiger partial charge is 0.478 e. The highest BCUT2D eigenvalue weighted by Gasteiger charge is 2.21. The summed E-state index contributed by atoms with van der Waals surface area (Å²) in [5.41, 5.74) is 0.748. The van der Waals surface area contributed by atoms with E-state index in [2.05, 4.69) is 22.2 Å². The van der Waals surface area contributed by atoms with Crippen molar-refractivity contribution in [3.05, 3.63) is 23.8 Å². The monoisotopic (exact) mass is 235 g/mol. The Morgan fingerprint density at radius 3 is 3.06 bits per heavy atom. The van der Waals surface area contributed by atoms with E-state index in [4.69, 9.17) is 5.11 Å². The Balaban J connectivity index is 1.97. The van der Waals surface area contributed by atoms with Gasteiger partial charge in [-0.3, -0.25) is 0 Å². The van der Waals surface area contributed by atoms with Gasteiger partial charge >= 0.3 is 5.97 Å². The molecular formula is C12H17N3O2. The molecule has 0 spiro atoms. The van der Waals surface area contributed by atoms with E-state index in [9.17, 15) is 4.79 Å². The molecule has 2 N–H and O–H groups in total. The van der Waals surface area contributed by atoms with Crippen molar-refractivity contribution in [2.45, 2.75) is 38.8 Å². The molecule has 2 unspecified atom stereocenters. The number of carboxylic acid groups (broad SMARTS) is 1. The fourth-order valence-corrected chi connectivity index (χ4v) is 2.31. The van der Waals surface area contributed by atoms with Gasteiger partial charge in [-0.1, -0.05) is 6.92 Å². The van der Waals surface area contributed by atoms with Crippen LogP contribution in [-0.4, -0.2) is 27.1 Å². The van der Waals surface area contributed by atoms with Crippen molar-refractivity contribution >= 4 is 5.97 Å². The summed E-state index contributed by atoms with van der Waals surface area (Å²) in [5.74, 6) is -0.209. The van der Waals surface area contributed by atoms with E-state index in [0.29, 0.717) is 18.3 Å². The smallest absolute Gasteiger partial charge is 0.339 e. The van der Waals surface area contributed by atoms with Gasteiger partial charge in [-0.25, -0.2) is 14.8 Å². The van der Waals surface area contributed by atoms with Crippen LogP contribution in [0.4, 0.5) is 0 Å². The van der Waals surface area contributed by atoms with Crippen LogP contribution in [0.25, 0.3) is 0 Å². The van der Waals surface area contributed by atoms with Crippen molar-refractivity contribution < 1.29 is 9.90 Å². The number of rotatable bonds is 4. The highest BCUT2D eigenvalue weighted by Crippen LogP contribution is 2.24. The average Bonchev–Trinajstić information content (AvgIpc) is 2.73. The molecule has 0 radical (unpaired) electrons. The Morgan fingerprint density at radius 1 is 1.59 bits per heavy atom. The Kier molecular flexibility index (Phi) is 3.68. The van der Waals surface area contributed by atoms with Crippen molar-refractivity contribution in [3.8, 4) is 0 Å². The number of carbonyl (C=O) groups is 1. The summed E-state index contributed by atoms with van der Waals surface area (Å²) in [6.45, 7) is 2.75. The predicted molar refractivity (Wildman–Crippen MR) is 62.6 cm³/mol. The molecule has 1 fully saturated rings. The van der Waals surface area contributed by atoms with Crippen LogP contribution in [0.5, 0.6) is 0 Å². The van der Waals surface area contributed by atoms with E-state index in [0.717, 1.165) is 18.8 Å². The van der Waals surface area contributed by atoms with Gasteiger partial charge in [0.25, 0.3) is 0 Å². The molecule has 92 valence electrons. The summed E-state index contributed by atoms with van der Waals surface area (Å²) in [5, 5.41) is 12.4. The third-order valence-electron chi connectivity index (χ3n) is 3.28. The summed E-state index contributed by atoms with van der Waals surface area (Å²) in [6, 6.07) is 0.488. The minimum Gasteiger partial charge on any atom is -0.478 e. The fourth-order valence-electron chi connectivity index (χ4n) is 2.31. The van der Waals surface area contributed by atoms with Crippen molar-refractivity contribution in [1.82, 2.24) is 15.3 Å². The molecule has 0 aliphatic heterocycles. The van der Waals surface area contributed by atoms with Crippen LogP contribution in [0.3, 0.4) is 0 Å². The molecule has 1 heterocycles. The number of nitrogens with one attached hydrogen (secondary N) is 1. The number of aromatic carboxylic acids is 1. The van der Waals surface area contributed by atoms with Crippen molar-refractivity contribution in [2.24, 2.45) is 5.92 Å². The first-order valence-electron chi connectivity index (χ1n) is 5.92. The first-order chi connectivity index (χ1) is 8.16. The molecule has 1 aliphatic carbocycles. The molecule has 1 saturated carbocycles. The maximum atomic E-state index is 11.0. The molecule has 0 bridgehead atoms. The van der Waals surface area contributed by atoms with Gasteiger partial charge in [0.2, 0.25) is 0 Å². The third-order valence-corrected chi connectivity index (χ3v) is 3.28. The van der Waals surface area contributed by atoms with Crippen molar-refractivity contribution in [2.75, 3.05) is 0 Å². The van der Waals surface area contributed by atoms with Gasteiger partial charge in [0.15, 0.2) is 0 Å². The molecule has 1 aliphatic rings. The Labute approximate surface area is 100 Å². The summed E-state index contributed by atoms with van der Waals surface area (Å²) in [6.07, 6.45) is 6.31. The van der Waals surface area contributed by atoms with E-state index in [1.54, 1.807) is 0 Å². The minimum atomic E-state index is -0.970. The Hall–Kier alpha value is -1.49. The fraction of sp³-hybridized carbons (Fsp3) is 0.583. The summed E-state index contributed by atoms with van der Waals surface area (Å²) in [7, 11) is 0. The number of nitrogens with zero attached hydrogens (tertiary/aromatic N) is 2. The lowest BCUT2D eigenvalue weighted by Crippen LogP contribution is -2.27. The molecular weight excluding hydrogens is 218 g/mol. The highest BCUT2D eigenvalue weighted by atomic mass is 16.4. The van der Waals surface area contributed by atoms with Crippen LogP contribution in [0.15, 0.2) is 12.5 Å². The normalized spacial score (nSPS) is 23.8. The zero-order valence-electron chi connectivity index (χ0n) is 9.89. The number of hydrogen-bond donors (Lipinski definition) is 2. The number of aromatic nitrogens is 2. The molecule has 1 aromatic heterocycles. The standard InChI is InChI=1S/C12H17N3O2/c1-8-2-3-9(4-8)14-6-11-10(12(16)17)5-13-7-15-11/h5,7-9,14H,2-4,6H2,1H3,(H,16,17). The first-order valence-corrected chi connectivity index (χ1v) is 5.92. The number of carboxylic acids is 1. The second kappa shape index (κ2) is 5.23. The van der Waals surface area contributed by atoms with Gasteiger partial charge in [-0.05, 0) is 25.2 Å². The van der Waals surface area contributed by atoms with Gasteiger partial charge in [0.05, 0.1) is 5.69 Å². The summed E-state index contributed by atoms with van der Waals surface area (Å²) < 4.78 is 0. The van der Waals surface area contributed by atoms with E-state index in [1.807, 2.05) is 0 Å². The van der Waals surface area contributed by atoms with E-state index < -0.39 is 5.97 Å². The lowest BCUT2D eigenvalue weighted by atomic mass is 10.1. The zero-order chi connectivity index (χ0) is 12.3. The third kappa shape index (κ3) is 3.00. The van der Waals surface area contributed by atoms with Crippen LogP contribution in [0.2, 0.25) is 0 Å². The second-order valence-electron chi connectivity index (χ2n) is 4.68. The molecule has 0 aromatic carbocycles. The van der Waals surface area contributed by atoms with Gasteiger partial charge in [0, 0.05) is 18.8 Å². The molecule has 2 rings (SSSR count). The van der Waals surface area contributed by atoms with Crippen LogP contribution in [-0.2, 0) is 6.54 Å². The van der Waals surface area contributed by atoms with Gasteiger partial charge in [-0.2, -0.15) is 0 Å². The molecule has 17 heavy (non-hydrogen) atoms. The van der Waals surface area contributed by atoms with Crippen LogP contribution < -0.4 is 5.32 Å². The Bertz CT molecular complexity index is 408. The lowest BCUT2D eigenvalue weighted by Gasteiger charge is -2.12. The summed E-state index contributed by atoms with van der Waals surface area (Å²) in [4.78, 5) is 18.7. The molecule has 0 saturated heterocycles. The maximum absolute atomic E-state index is 11.0. The molecule has 2 atom stereocenters. The SMILES string of the molecule is CC1CCC(NCc2ncncc2C(=O)O)C1. The van der Waals surface area contributed by atoms with E-state index in [1.165, 1.54) is 18.9 Å². The predicted octanol–water partition coefficient (Wildman–Crippen LogP) is 1.45. The molecule has 5 heteroatoms. The van der Waals surface area contributed by atoms with Crippen molar-refractivity contribution in [1.29, 1.82) is 0 Å². The van der Waals surface area contributed by atoms with E-state index in [-0.39, 0.29) is 5.56 Å². The van der Waals surface area contributed by atoms with Crippen LogP contribution in [0, 0.1) is 5.92 Å². The quantitative estimate of drug-likeness (QED) is 0.826. The Morgan fingerprint density at radius 2 is 2.41 bits per heavy atom. The van der Waals surface area contributed by atoms with Crippen LogP contribution in [0.1, 0.15) is 42.2 Å². The van der Waals surface area contributed by atoms with E-state index >= 15 is 0 Å². The highest BCUT2D eigenvalue weighted by molar-refractivity contribution is 5.88. The first kappa shape index (κ1) is 12.0. The minimum absolute atomic E-state index is 0.186.